The monoisotopic (exact) mass is 402 g/mol. The van der Waals surface area contributed by atoms with Gasteiger partial charge in [-0.1, -0.05) is 37.3 Å². The summed E-state index contributed by atoms with van der Waals surface area (Å²) in [5.74, 6) is 1.07. The summed E-state index contributed by atoms with van der Waals surface area (Å²) >= 11 is 0. The first-order valence-corrected chi connectivity index (χ1v) is 10.2. The summed E-state index contributed by atoms with van der Waals surface area (Å²) in [6, 6.07) is 12.2. The van der Waals surface area contributed by atoms with Crippen LogP contribution < -0.4 is 5.32 Å². The van der Waals surface area contributed by atoms with Gasteiger partial charge in [0.05, 0.1) is 0 Å². The molecule has 4 nitrogen and oxygen atoms in total. The van der Waals surface area contributed by atoms with Crippen molar-refractivity contribution in [2.24, 2.45) is 0 Å². The van der Waals surface area contributed by atoms with Crippen molar-refractivity contribution in [2.75, 3.05) is 0 Å². The van der Waals surface area contributed by atoms with E-state index < -0.39 is 11.7 Å². The van der Waals surface area contributed by atoms with Gasteiger partial charge in [0.1, 0.15) is 11.4 Å². The fourth-order valence-electron chi connectivity index (χ4n) is 4.35. The largest absolute Gasteiger partial charge is 0.420 e. The second kappa shape index (κ2) is 8.14. The van der Waals surface area contributed by atoms with Crippen molar-refractivity contribution in [3.05, 3.63) is 65.1 Å². The van der Waals surface area contributed by atoms with Gasteiger partial charge in [0.2, 0.25) is 0 Å². The van der Waals surface area contributed by atoms with Crippen LogP contribution in [0.4, 0.5) is 13.2 Å². The van der Waals surface area contributed by atoms with E-state index in [2.05, 4.69) is 39.8 Å². The number of benzene rings is 1. The molecule has 29 heavy (non-hydrogen) atoms. The van der Waals surface area contributed by atoms with Crippen LogP contribution in [0, 0.1) is 0 Å². The summed E-state index contributed by atoms with van der Waals surface area (Å²) in [6.07, 6.45) is 1.74. The zero-order valence-corrected chi connectivity index (χ0v) is 16.4. The SMILES string of the molecule is CCc1nnc2c(C(F)(F)F)c(CN[C@H]3CC[C@@H](c4ccccc4)CC3)ccn12. The van der Waals surface area contributed by atoms with Gasteiger partial charge in [-0.15, -0.1) is 10.2 Å². The minimum absolute atomic E-state index is 0.110. The van der Waals surface area contributed by atoms with E-state index >= 15 is 0 Å². The molecule has 4 rings (SSSR count). The van der Waals surface area contributed by atoms with Crippen LogP contribution in [-0.2, 0) is 19.1 Å². The molecular formula is C22H25F3N4. The van der Waals surface area contributed by atoms with E-state index in [1.54, 1.807) is 12.3 Å². The zero-order chi connectivity index (χ0) is 20.4. The molecule has 7 heteroatoms. The minimum Gasteiger partial charge on any atom is -0.310 e. The van der Waals surface area contributed by atoms with Gasteiger partial charge in [0.15, 0.2) is 5.65 Å². The Bertz CT molecular complexity index is 957. The second-order valence-electron chi connectivity index (χ2n) is 7.72. The molecule has 1 N–H and O–H groups in total. The molecule has 0 saturated heterocycles. The smallest absolute Gasteiger partial charge is 0.310 e. The number of rotatable bonds is 5. The normalized spacial score (nSPS) is 20.3. The number of alkyl halides is 3. The lowest BCUT2D eigenvalue weighted by Gasteiger charge is -2.30. The Hall–Kier alpha value is -2.41. The highest BCUT2D eigenvalue weighted by Crippen LogP contribution is 2.36. The molecule has 0 radical (unpaired) electrons. The first-order valence-electron chi connectivity index (χ1n) is 10.2. The molecule has 1 saturated carbocycles. The number of hydrogen-bond acceptors (Lipinski definition) is 3. The van der Waals surface area contributed by atoms with Crippen LogP contribution in [0.15, 0.2) is 42.6 Å². The van der Waals surface area contributed by atoms with E-state index in [0.717, 1.165) is 25.7 Å². The van der Waals surface area contributed by atoms with Crippen molar-refractivity contribution in [2.45, 2.75) is 63.7 Å². The van der Waals surface area contributed by atoms with Gasteiger partial charge in [-0.25, -0.2) is 0 Å². The Kier molecular flexibility index (Phi) is 5.58. The summed E-state index contributed by atoms with van der Waals surface area (Å²) in [5.41, 5.74) is 0.790. The molecule has 1 fully saturated rings. The third kappa shape index (κ3) is 4.15. The number of aryl methyl sites for hydroxylation is 1. The number of hydrogen-bond donors (Lipinski definition) is 1. The fourth-order valence-corrected chi connectivity index (χ4v) is 4.35. The van der Waals surface area contributed by atoms with Crippen LogP contribution in [0.1, 0.15) is 61.0 Å². The lowest BCUT2D eigenvalue weighted by atomic mass is 9.82. The highest BCUT2D eigenvalue weighted by Gasteiger charge is 2.37. The first kappa shape index (κ1) is 19.9. The summed E-state index contributed by atoms with van der Waals surface area (Å²) in [5, 5.41) is 11.1. The van der Waals surface area contributed by atoms with E-state index in [-0.39, 0.29) is 23.8 Å². The van der Waals surface area contributed by atoms with Gasteiger partial charge in [-0.05, 0) is 48.8 Å². The third-order valence-corrected chi connectivity index (χ3v) is 5.91. The average molecular weight is 402 g/mol. The number of nitrogens with one attached hydrogen (secondary N) is 1. The predicted molar refractivity (Wildman–Crippen MR) is 106 cm³/mol. The van der Waals surface area contributed by atoms with Crippen molar-refractivity contribution in [3.63, 3.8) is 0 Å². The molecule has 1 aromatic carbocycles. The quantitative estimate of drug-likeness (QED) is 0.644. The maximum absolute atomic E-state index is 13.8. The molecule has 1 aliphatic carbocycles. The van der Waals surface area contributed by atoms with Crippen molar-refractivity contribution in [3.8, 4) is 0 Å². The van der Waals surface area contributed by atoms with E-state index in [4.69, 9.17) is 0 Å². The first-order chi connectivity index (χ1) is 14.0. The molecule has 0 bridgehead atoms. The fraction of sp³-hybridized carbons (Fsp3) is 0.455. The van der Waals surface area contributed by atoms with Crippen LogP contribution >= 0.6 is 0 Å². The number of nitrogens with zero attached hydrogens (tertiary/aromatic N) is 3. The van der Waals surface area contributed by atoms with Gasteiger partial charge in [-0.2, -0.15) is 13.2 Å². The molecule has 0 amide bonds. The van der Waals surface area contributed by atoms with E-state index in [9.17, 15) is 13.2 Å². The van der Waals surface area contributed by atoms with Crippen LogP contribution in [0.3, 0.4) is 0 Å². The second-order valence-corrected chi connectivity index (χ2v) is 7.72. The van der Waals surface area contributed by atoms with E-state index in [1.165, 1.54) is 9.96 Å². The predicted octanol–water partition coefficient (Wildman–Crippen LogP) is 5.13. The molecule has 0 spiro atoms. The van der Waals surface area contributed by atoms with Crippen LogP contribution in [0.5, 0.6) is 0 Å². The highest BCUT2D eigenvalue weighted by atomic mass is 19.4. The Labute approximate surface area is 168 Å². The van der Waals surface area contributed by atoms with Crippen molar-refractivity contribution < 1.29 is 13.2 Å². The van der Waals surface area contributed by atoms with E-state index in [1.807, 2.05) is 13.0 Å². The topological polar surface area (TPSA) is 42.2 Å². The zero-order valence-electron chi connectivity index (χ0n) is 16.4. The molecule has 0 aliphatic heterocycles. The average Bonchev–Trinajstić information content (AvgIpc) is 3.15. The highest BCUT2D eigenvalue weighted by molar-refractivity contribution is 5.53. The molecule has 3 aromatic rings. The van der Waals surface area contributed by atoms with Gasteiger partial charge < -0.3 is 5.32 Å². The number of aromatic nitrogens is 3. The third-order valence-electron chi connectivity index (χ3n) is 5.91. The molecule has 2 heterocycles. The Morgan fingerprint density at radius 3 is 2.41 bits per heavy atom. The number of fused-ring (bicyclic) bond motifs is 1. The number of pyridine rings is 1. The number of halogens is 3. The summed E-state index contributed by atoms with van der Waals surface area (Å²) in [6.45, 7) is 2.03. The Morgan fingerprint density at radius 1 is 1.03 bits per heavy atom. The molecule has 2 aromatic heterocycles. The maximum atomic E-state index is 13.8. The molecular weight excluding hydrogens is 377 g/mol. The molecule has 0 unspecified atom stereocenters. The van der Waals surface area contributed by atoms with Crippen LogP contribution in [0.25, 0.3) is 5.65 Å². The molecule has 0 atom stereocenters. The Morgan fingerprint density at radius 2 is 1.76 bits per heavy atom. The van der Waals surface area contributed by atoms with Gasteiger partial charge >= 0.3 is 6.18 Å². The lowest BCUT2D eigenvalue weighted by Crippen LogP contribution is -2.33. The Balaban J connectivity index is 1.46. The maximum Gasteiger partial charge on any atom is 0.420 e. The van der Waals surface area contributed by atoms with Crippen LogP contribution in [0.2, 0.25) is 0 Å². The molecule has 1 aliphatic rings. The molecule has 154 valence electrons. The summed E-state index contributed by atoms with van der Waals surface area (Å²) in [4.78, 5) is 0. The minimum atomic E-state index is -4.47. The summed E-state index contributed by atoms with van der Waals surface area (Å²) < 4.78 is 42.8. The van der Waals surface area contributed by atoms with E-state index in [0.29, 0.717) is 18.2 Å². The standard InChI is InChI=1S/C22H25F3N4/c1-2-19-27-28-21-20(22(23,24)25)17(12-13-29(19)21)14-26-18-10-8-16(9-11-18)15-6-4-3-5-7-15/h3-7,12-13,16,18,26H,2,8-11,14H2,1H3/t16-,18+. The lowest BCUT2D eigenvalue weighted by molar-refractivity contribution is -0.137. The summed E-state index contributed by atoms with van der Waals surface area (Å²) in [7, 11) is 0. The van der Waals surface area contributed by atoms with Crippen molar-refractivity contribution >= 4 is 5.65 Å². The van der Waals surface area contributed by atoms with Gasteiger partial charge in [0.25, 0.3) is 0 Å². The van der Waals surface area contributed by atoms with Gasteiger partial charge in [-0.3, -0.25) is 4.40 Å². The van der Waals surface area contributed by atoms with Crippen molar-refractivity contribution in [1.82, 2.24) is 19.9 Å². The van der Waals surface area contributed by atoms with Crippen molar-refractivity contribution in [1.29, 1.82) is 0 Å². The van der Waals surface area contributed by atoms with Gasteiger partial charge in [0, 0.05) is 25.2 Å². The van der Waals surface area contributed by atoms with Crippen LogP contribution in [-0.4, -0.2) is 20.6 Å².